The van der Waals surface area contributed by atoms with Gasteiger partial charge in [-0.15, -0.1) is 0 Å². The first-order valence-corrected chi connectivity index (χ1v) is 7.69. The zero-order chi connectivity index (χ0) is 14.9. The van der Waals surface area contributed by atoms with Crippen LogP contribution in [0.15, 0.2) is 46.9 Å². The molecule has 1 nitrogen and oxygen atoms in total. The summed E-state index contributed by atoms with van der Waals surface area (Å²) in [5, 5.41) is 11.1. The Morgan fingerprint density at radius 1 is 1.00 bits per heavy atom. The van der Waals surface area contributed by atoms with Crippen molar-refractivity contribution in [3.63, 3.8) is 0 Å². The van der Waals surface area contributed by atoms with Gasteiger partial charge in [-0.2, -0.15) is 0 Å². The van der Waals surface area contributed by atoms with Crippen molar-refractivity contribution >= 4 is 27.5 Å². The average molecular weight is 354 g/mol. The Balaban J connectivity index is 2.29. The molecule has 0 aliphatic carbocycles. The first kappa shape index (κ1) is 15.6. The summed E-state index contributed by atoms with van der Waals surface area (Å²) >= 11 is 9.36. The summed E-state index contributed by atoms with van der Waals surface area (Å²) in [6.45, 7) is 6.53. The van der Waals surface area contributed by atoms with Crippen molar-refractivity contribution in [3.05, 3.63) is 68.7 Å². The molecule has 1 N–H and O–H groups in total. The highest BCUT2D eigenvalue weighted by atomic mass is 79.9. The van der Waals surface area contributed by atoms with Crippen molar-refractivity contribution in [1.29, 1.82) is 0 Å². The van der Waals surface area contributed by atoms with E-state index in [1.54, 1.807) is 6.07 Å². The maximum Gasteiger partial charge on any atom is 0.104 e. The zero-order valence-corrected chi connectivity index (χ0v) is 14.2. The van der Waals surface area contributed by atoms with Gasteiger partial charge in [0.25, 0.3) is 0 Å². The number of hydrogen-bond acceptors (Lipinski definition) is 1. The maximum atomic E-state index is 10.4. The summed E-state index contributed by atoms with van der Waals surface area (Å²) in [5.74, 6) is 0. The largest absolute Gasteiger partial charge is 0.384 e. The minimum absolute atomic E-state index is 0.118. The molecule has 0 saturated carbocycles. The Morgan fingerprint density at radius 2 is 1.55 bits per heavy atom. The van der Waals surface area contributed by atoms with Crippen molar-refractivity contribution in [2.45, 2.75) is 32.3 Å². The zero-order valence-electron chi connectivity index (χ0n) is 11.8. The molecule has 1 atom stereocenters. The molecule has 20 heavy (non-hydrogen) atoms. The first-order valence-electron chi connectivity index (χ1n) is 6.52. The van der Waals surface area contributed by atoms with Gasteiger partial charge in [0.05, 0.1) is 5.02 Å². The van der Waals surface area contributed by atoms with E-state index in [1.807, 2.05) is 24.3 Å². The summed E-state index contributed by atoms with van der Waals surface area (Å²) in [5.41, 5.74) is 3.08. The molecule has 0 radical (unpaired) electrons. The molecule has 3 heteroatoms. The smallest absolute Gasteiger partial charge is 0.104 e. The first-order chi connectivity index (χ1) is 9.29. The Bertz CT molecular complexity index is 599. The van der Waals surface area contributed by atoms with Gasteiger partial charge in [0.2, 0.25) is 0 Å². The number of aliphatic hydroxyl groups excluding tert-OH is 1. The van der Waals surface area contributed by atoms with Gasteiger partial charge in [0.1, 0.15) is 6.10 Å². The molecule has 1 unspecified atom stereocenters. The Kier molecular flexibility index (Phi) is 4.58. The molecule has 0 bridgehead atoms. The normalized spacial score (nSPS) is 13.3. The van der Waals surface area contributed by atoms with Crippen molar-refractivity contribution < 1.29 is 5.11 Å². The van der Waals surface area contributed by atoms with Crippen LogP contribution >= 0.6 is 27.5 Å². The average Bonchev–Trinajstić information content (AvgIpc) is 2.40. The van der Waals surface area contributed by atoms with Crippen LogP contribution in [-0.4, -0.2) is 5.11 Å². The topological polar surface area (TPSA) is 20.2 Å². The highest BCUT2D eigenvalue weighted by molar-refractivity contribution is 9.10. The maximum absolute atomic E-state index is 10.4. The number of benzene rings is 2. The third-order valence-electron chi connectivity index (χ3n) is 3.35. The molecule has 0 spiro atoms. The van der Waals surface area contributed by atoms with Crippen molar-refractivity contribution in [2.75, 3.05) is 0 Å². The monoisotopic (exact) mass is 352 g/mol. The molecule has 0 amide bonds. The van der Waals surface area contributed by atoms with Crippen LogP contribution in [0.1, 0.15) is 43.6 Å². The van der Waals surface area contributed by atoms with Gasteiger partial charge in [-0.25, -0.2) is 0 Å². The van der Waals surface area contributed by atoms with Crippen LogP contribution in [0.3, 0.4) is 0 Å². The lowest BCUT2D eigenvalue weighted by Gasteiger charge is -2.20. The van der Waals surface area contributed by atoms with Gasteiger partial charge in [-0.05, 0) is 50.2 Å². The fourth-order valence-electron chi connectivity index (χ4n) is 2.04. The second-order valence-corrected chi connectivity index (χ2v) is 7.21. The molecule has 0 aliphatic heterocycles. The predicted molar refractivity (Wildman–Crippen MR) is 88.4 cm³/mol. The van der Waals surface area contributed by atoms with E-state index in [0.29, 0.717) is 5.02 Å². The molecule has 0 saturated heterocycles. The quantitative estimate of drug-likeness (QED) is 0.757. The predicted octanol–water partition coefficient (Wildman–Crippen LogP) is 5.48. The van der Waals surface area contributed by atoms with Crippen molar-refractivity contribution in [2.24, 2.45) is 0 Å². The highest BCUT2D eigenvalue weighted by Gasteiger charge is 2.16. The van der Waals surface area contributed by atoms with Crippen LogP contribution in [0.2, 0.25) is 5.02 Å². The Hall–Kier alpha value is -0.830. The van der Waals surface area contributed by atoms with E-state index < -0.39 is 6.10 Å². The molecule has 2 aromatic rings. The van der Waals surface area contributed by atoms with E-state index in [4.69, 9.17) is 11.6 Å². The van der Waals surface area contributed by atoms with Gasteiger partial charge in [-0.3, -0.25) is 0 Å². The van der Waals surface area contributed by atoms with Crippen LogP contribution in [0, 0.1) is 0 Å². The van der Waals surface area contributed by atoms with Gasteiger partial charge in [-0.1, -0.05) is 62.7 Å². The molecule has 0 aromatic heterocycles. The number of hydrogen-bond donors (Lipinski definition) is 1. The van der Waals surface area contributed by atoms with E-state index in [2.05, 4.69) is 48.8 Å². The molecule has 0 aliphatic rings. The fourth-order valence-corrected chi connectivity index (χ4v) is 2.55. The second kappa shape index (κ2) is 5.88. The minimum atomic E-state index is -0.641. The molecule has 2 aromatic carbocycles. The van der Waals surface area contributed by atoms with E-state index in [1.165, 1.54) is 5.56 Å². The Labute approximate surface area is 133 Å². The van der Waals surface area contributed by atoms with Crippen LogP contribution < -0.4 is 0 Å². The van der Waals surface area contributed by atoms with Gasteiger partial charge >= 0.3 is 0 Å². The standard InChI is InChI=1S/C17H18BrClO/c1-17(2,3)13-7-4-11(5-8-13)16(20)12-6-9-15(19)14(18)10-12/h4-10,16,20H,1-3H3. The third kappa shape index (κ3) is 3.43. The van der Waals surface area contributed by atoms with Gasteiger partial charge < -0.3 is 5.11 Å². The molecular formula is C17H18BrClO. The van der Waals surface area contributed by atoms with Crippen LogP contribution in [0.4, 0.5) is 0 Å². The van der Waals surface area contributed by atoms with Crippen molar-refractivity contribution in [3.8, 4) is 0 Å². The summed E-state index contributed by atoms with van der Waals surface area (Å²) in [4.78, 5) is 0. The fraction of sp³-hybridized carbons (Fsp3) is 0.294. The summed E-state index contributed by atoms with van der Waals surface area (Å²) < 4.78 is 0.794. The lowest BCUT2D eigenvalue weighted by molar-refractivity contribution is 0.220. The summed E-state index contributed by atoms with van der Waals surface area (Å²) in [6, 6.07) is 13.6. The highest BCUT2D eigenvalue weighted by Crippen LogP contribution is 2.30. The molecule has 0 fully saturated rings. The number of rotatable bonds is 2. The van der Waals surface area contributed by atoms with Crippen molar-refractivity contribution in [1.82, 2.24) is 0 Å². The van der Waals surface area contributed by atoms with Gasteiger partial charge in [0.15, 0.2) is 0 Å². The van der Waals surface area contributed by atoms with Crippen LogP contribution in [-0.2, 0) is 5.41 Å². The third-order valence-corrected chi connectivity index (χ3v) is 4.57. The molecule has 106 valence electrons. The summed E-state index contributed by atoms with van der Waals surface area (Å²) in [7, 11) is 0. The van der Waals surface area contributed by atoms with Crippen LogP contribution in [0.5, 0.6) is 0 Å². The Morgan fingerprint density at radius 3 is 2.05 bits per heavy atom. The lowest BCUT2D eigenvalue weighted by atomic mass is 9.86. The number of halogens is 2. The molecule has 2 rings (SSSR count). The van der Waals surface area contributed by atoms with E-state index in [0.717, 1.165) is 15.6 Å². The number of aliphatic hydroxyl groups is 1. The van der Waals surface area contributed by atoms with Crippen LogP contribution in [0.25, 0.3) is 0 Å². The second-order valence-electron chi connectivity index (χ2n) is 5.95. The van der Waals surface area contributed by atoms with E-state index in [-0.39, 0.29) is 5.41 Å². The minimum Gasteiger partial charge on any atom is -0.384 e. The van der Waals surface area contributed by atoms with E-state index >= 15 is 0 Å². The SMILES string of the molecule is CC(C)(C)c1ccc(C(O)c2ccc(Cl)c(Br)c2)cc1. The van der Waals surface area contributed by atoms with E-state index in [9.17, 15) is 5.11 Å². The lowest BCUT2D eigenvalue weighted by Crippen LogP contribution is -2.11. The summed E-state index contributed by atoms with van der Waals surface area (Å²) in [6.07, 6.45) is -0.641. The van der Waals surface area contributed by atoms with Gasteiger partial charge in [0, 0.05) is 4.47 Å². The molecule has 0 heterocycles. The molecular weight excluding hydrogens is 336 g/mol.